The highest BCUT2D eigenvalue weighted by atomic mass is 16.5. The maximum Gasteiger partial charge on any atom is 0.124 e. The zero-order valence-corrected chi connectivity index (χ0v) is 8.84. The Kier molecular flexibility index (Phi) is 2.62. The van der Waals surface area contributed by atoms with Crippen LogP contribution in [0.5, 0.6) is 5.75 Å². The molecule has 1 atom stereocenters. The molecule has 1 aromatic rings. The van der Waals surface area contributed by atoms with Crippen LogP contribution in [-0.2, 0) is 6.42 Å². The number of fused-ring (bicyclic) bond motifs is 1. The first-order valence-electron chi connectivity index (χ1n) is 5.21. The van der Waals surface area contributed by atoms with E-state index in [0.29, 0.717) is 0 Å². The zero-order chi connectivity index (χ0) is 9.97. The van der Waals surface area contributed by atoms with Crippen LogP contribution in [0.15, 0.2) is 18.2 Å². The number of anilines is 1. The van der Waals surface area contributed by atoms with Crippen molar-refractivity contribution < 1.29 is 4.74 Å². The molecule has 2 heteroatoms. The van der Waals surface area contributed by atoms with Gasteiger partial charge in [0.25, 0.3) is 0 Å². The fourth-order valence-corrected chi connectivity index (χ4v) is 2.04. The summed E-state index contributed by atoms with van der Waals surface area (Å²) in [7, 11) is 1.74. The number of hydrogen-bond acceptors (Lipinski definition) is 2. The van der Waals surface area contributed by atoms with Crippen molar-refractivity contribution in [1.82, 2.24) is 0 Å². The van der Waals surface area contributed by atoms with E-state index in [4.69, 9.17) is 4.74 Å². The lowest BCUT2D eigenvalue weighted by atomic mass is 9.98. The van der Waals surface area contributed by atoms with Gasteiger partial charge < -0.3 is 10.1 Å². The standard InChI is InChI=1S/C12H17NO/c1-9-6-7-13-11-4-3-5-12(14-2)10(11)8-9/h3-5,9,13H,6-8H2,1-2H3. The van der Waals surface area contributed by atoms with Crippen LogP contribution in [0.2, 0.25) is 0 Å². The molecule has 0 radical (unpaired) electrons. The lowest BCUT2D eigenvalue weighted by Gasteiger charge is -2.12. The van der Waals surface area contributed by atoms with Gasteiger partial charge in [0.15, 0.2) is 0 Å². The summed E-state index contributed by atoms with van der Waals surface area (Å²) in [5.41, 5.74) is 2.58. The van der Waals surface area contributed by atoms with E-state index in [9.17, 15) is 0 Å². The van der Waals surface area contributed by atoms with E-state index in [0.717, 1.165) is 24.6 Å². The van der Waals surface area contributed by atoms with E-state index in [2.05, 4.69) is 18.3 Å². The zero-order valence-electron chi connectivity index (χ0n) is 8.84. The van der Waals surface area contributed by atoms with Crippen LogP contribution in [0.25, 0.3) is 0 Å². The van der Waals surface area contributed by atoms with Crippen molar-refractivity contribution in [2.45, 2.75) is 19.8 Å². The molecule has 0 saturated heterocycles. The molecule has 2 rings (SSSR count). The summed E-state index contributed by atoms with van der Waals surface area (Å²) in [6, 6.07) is 6.22. The molecule has 0 aromatic heterocycles. The second-order valence-corrected chi connectivity index (χ2v) is 4.01. The highest BCUT2D eigenvalue weighted by molar-refractivity contribution is 5.58. The first kappa shape index (κ1) is 9.38. The molecule has 14 heavy (non-hydrogen) atoms. The second kappa shape index (κ2) is 3.91. The Balaban J connectivity index is 2.40. The number of rotatable bonds is 1. The SMILES string of the molecule is COc1cccc2c1CC(C)CCN2. The van der Waals surface area contributed by atoms with Crippen molar-refractivity contribution in [1.29, 1.82) is 0 Å². The van der Waals surface area contributed by atoms with Crippen LogP contribution in [0.3, 0.4) is 0 Å². The minimum atomic E-state index is 0.736. The van der Waals surface area contributed by atoms with Gasteiger partial charge in [-0.15, -0.1) is 0 Å². The molecule has 1 heterocycles. The van der Waals surface area contributed by atoms with Gasteiger partial charge in [0.1, 0.15) is 5.75 Å². The van der Waals surface area contributed by atoms with Crippen LogP contribution < -0.4 is 10.1 Å². The minimum Gasteiger partial charge on any atom is -0.496 e. The van der Waals surface area contributed by atoms with Gasteiger partial charge >= 0.3 is 0 Å². The molecule has 0 fully saturated rings. The first-order valence-corrected chi connectivity index (χ1v) is 5.21. The number of methoxy groups -OCH3 is 1. The van der Waals surface area contributed by atoms with Crippen LogP contribution in [0.1, 0.15) is 18.9 Å². The maximum absolute atomic E-state index is 5.38. The third-order valence-corrected chi connectivity index (χ3v) is 2.86. The summed E-state index contributed by atoms with van der Waals surface area (Å²) >= 11 is 0. The minimum absolute atomic E-state index is 0.736. The van der Waals surface area contributed by atoms with Gasteiger partial charge in [-0.05, 0) is 30.9 Å². The average molecular weight is 191 g/mol. The molecular weight excluding hydrogens is 174 g/mol. The van der Waals surface area contributed by atoms with Gasteiger partial charge in [-0.3, -0.25) is 0 Å². The van der Waals surface area contributed by atoms with Gasteiger partial charge in [-0.25, -0.2) is 0 Å². The molecular formula is C12H17NO. The smallest absolute Gasteiger partial charge is 0.124 e. The molecule has 0 spiro atoms. The van der Waals surface area contributed by atoms with Crippen LogP contribution >= 0.6 is 0 Å². The highest BCUT2D eigenvalue weighted by Crippen LogP contribution is 2.31. The fraction of sp³-hybridized carbons (Fsp3) is 0.500. The molecule has 1 aromatic carbocycles. The Morgan fingerprint density at radius 2 is 2.29 bits per heavy atom. The van der Waals surface area contributed by atoms with Gasteiger partial charge in [-0.1, -0.05) is 13.0 Å². The summed E-state index contributed by atoms with van der Waals surface area (Å²) in [6.45, 7) is 3.37. The molecule has 0 amide bonds. The van der Waals surface area contributed by atoms with Crippen molar-refractivity contribution in [2.24, 2.45) is 5.92 Å². The normalized spacial score (nSPS) is 20.6. The van der Waals surface area contributed by atoms with Crippen molar-refractivity contribution in [2.75, 3.05) is 19.0 Å². The molecule has 0 saturated carbocycles. The van der Waals surface area contributed by atoms with E-state index in [1.807, 2.05) is 12.1 Å². The Morgan fingerprint density at radius 3 is 3.07 bits per heavy atom. The van der Waals surface area contributed by atoms with Crippen molar-refractivity contribution in [3.8, 4) is 5.75 Å². The molecule has 1 unspecified atom stereocenters. The molecule has 76 valence electrons. The van der Waals surface area contributed by atoms with Crippen LogP contribution in [0, 0.1) is 5.92 Å². The monoisotopic (exact) mass is 191 g/mol. The van der Waals surface area contributed by atoms with Gasteiger partial charge in [0.05, 0.1) is 7.11 Å². The van der Waals surface area contributed by atoms with Crippen LogP contribution in [0.4, 0.5) is 5.69 Å². The second-order valence-electron chi connectivity index (χ2n) is 4.01. The predicted molar refractivity (Wildman–Crippen MR) is 59.0 cm³/mol. The molecule has 0 aliphatic carbocycles. The molecule has 2 nitrogen and oxygen atoms in total. The topological polar surface area (TPSA) is 21.3 Å². The van der Waals surface area contributed by atoms with Gasteiger partial charge in [-0.2, -0.15) is 0 Å². The van der Waals surface area contributed by atoms with E-state index in [-0.39, 0.29) is 0 Å². The quantitative estimate of drug-likeness (QED) is 0.737. The summed E-state index contributed by atoms with van der Waals surface area (Å²) in [4.78, 5) is 0. The summed E-state index contributed by atoms with van der Waals surface area (Å²) < 4.78 is 5.38. The lowest BCUT2D eigenvalue weighted by molar-refractivity contribution is 0.406. The molecule has 0 bridgehead atoms. The first-order chi connectivity index (χ1) is 6.81. The third kappa shape index (κ3) is 1.69. The average Bonchev–Trinajstić information content (AvgIpc) is 2.38. The number of ether oxygens (including phenoxy) is 1. The number of hydrogen-bond donors (Lipinski definition) is 1. The largest absolute Gasteiger partial charge is 0.496 e. The maximum atomic E-state index is 5.38. The number of benzene rings is 1. The summed E-state index contributed by atoms with van der Waals surface area (Å²) in [5, 5.41) is 3.45. The summed E-state index contributed by atoms with van der Waals surface area (Å²) in [5.74, 6) is 1.75. The van der Waals surface area contributed by atoms with Crippen LogP contribution in [-0.4, -0.2) is 13.7 Å². The van der Waals surface area contributed by atoms with Crippen molar-refractivity contribution >= 4 is 5.69 Å². The van der Waals surface area contributed by atoms with E-state index in [1.54, 1.807) is 7.11 Å². The van der Waals surface area contributed by atoms with Crippen molar-refractivity contribution in [3.05, 3.63) is 23.8 Å². The predicted octanol–water partition coefficient (Wildman–Crippen LogP) is 2.69. The lowest BCUT2D eigenvalue weighted by Crippen LogP contribution is -2.01. The highest BCUT2D eigenvalue weighted by Gasteiger charge is 2.15. The van der Waals surface area contributed by atoms with E-state index < -0.39 is 0 Å². The van der Waals surface area contributed by atoms with Gasteiger partial charge in [0, 0.05) is 17.8 Å². The fourth-order valence-electron chi connectivity index (χ4n) is 2.04. The third-order valence-electron chi connectivity index (χ3n) is 2.86. The summed E-state index contributed by atoms with van der Waals surface area (Å²) in [6.07, 6.45) is 2.35. The molecule has 1 aliphatic heterocycles. The van der Waals surface area contributed by atoms with E-state index >= 15 is 0 Å². The Labute approximate surface area is 85.3 Å². The van der Waals surface area contributed by atoms with E-state index in [1.165, 1.54) is 17.7 Å². The van der Waals surface area contributed by atoms with Crippen molar-refractivity contribution in [3.63, 3.8) is 0 Å². The van der Waals surface area contributed by atoms with Gasteiger partial charge in [0.2, 0.25) is 0 Å². The Bertz CT molecular complexity index is 322. The Morgan fingerprint density at radius 1 is 1.43 bits per heavy atom. The molecule has 1 N–H and O–H groups in total. The number of nitrogens with one attached hydrogen (secondary N) is 1. The Hall–Kier alpha value is -1.18. The molecule has 1 aliphatic rings.